The van der Waals surface area contributed by atoms with Crippen molar-refractivity contribution in [1.82, 2.24) is 20.4 Å². The summed E-state index contributed by atoms with van der Waals surface area (Å²) in [4.78, 5) is 8.61. The van der Waals surface area contributed by atoms with Gasteiger partial charge in [-0.1, -0.05) is 23.7 Å². The number of hydrogen-bond donors (Lipinski definition) is 1. The van der Waals surface area contributed by atoms with Crippen molar-refractivity contribution >= 4 is 11.6 Å². The molecule has 1 fully saturated rings. The first kappa shape index (κ1) is 12.6. The van der Waals surface area contributed by atoms with Crippen LogP contribution in [-0.4, -0.2) is 21.7 Å². The predicted octanol–water partition coefficient (Wildman–Crippen LogP) is 2.85. The van der Waals surface area contributed by atoms with Gasteiger partial charge >= 0.3 is 0 Å². The third-order valence-electron chi connectivity index (χ3n) is 3.36. The van der Waals surface area contributed by atoms with E-state index in [9.17, 15) is 0 Å². The molecule has 0 spiro atoms. The van der Waals surface area contributed by atoms with Crippen LogP contribution in [-0.2, 0) is 0 Å². The summed E-state index contributed by atoms with van der Waals surface area (Å²) < 4.78 is 5.34. The summed E-state index contributed by atoms with van der Waals surface area (Å²) >= 11 is 5.81. The molecule has 0 bridgehead atoms. The fourth-order valence-electron chi connectivity index (χ4n) is 2.28. The first-order valence-electron chi connectivity index (χ1n) is 6.41. The van der Waals surface area contributed by atoms with E-state index in [0.717, 1.165) is 13.0 Å². The molecule has 2 unspecified atom stereocenters. The Balaban J connectivity index is 1.81. The van der Waals surface area contributed by atoms with Gasteiger partial charge in [0.2, 0.25) is 11.7 Å². The SMILES string of the molecule is CC1CCNC(c2nc(-c3ccc(Cl)cn3)no2)C1. The number of hydrogen-bond acceptors (Lipinski definition) is 5. The molecular formula is C13H15ClN4O. The van der Waals surface area contributed by atoms with Crippen molar-refractivity contribution in [3.8, 4) is 11.5 Å². The van der Waals surface area contributed by atoms with Gasteiger partial charge < -0.3 is 9.84 Å². The van der Waals surface area contributed by atoms with E-state index in [1.54, 1.807) is 18.3 Å². The zero-order valence-electron chi connectivity index (χ0n) is 10.6. The van der Waals surface area contributed by atoms with Crippen molar-refractivity contribution in [1.29, 1.82) is 0 Å². The molecule has 0 aliphatic carbocycles. The van der Waals surface area contributed by atoms with Crippen LogP contribution in [0.1, 0.15) is 31.7 Å². The molecule has 0 aromatic carbocycles. The summed E-state index contributed by atoms with van der Waals surface area (Å²) in [5.41, 5.74) is 0.670. The highest BCUT2D eigenvalue weighted by Crippen LogP contribution is 2.27. The average Bonchev–Trinajstić information content (AvgIpc) is 2.89. The van der Waals surface area contributed by atoms with Gasteiger partial charge in [0.1, 0.15) is 5.69 Å². The number of pyridine rings is 1. The number of nitrogens with zero attached hydrogens (tertiary/aromatic N) is 3. The number of rotatable bonds is 2. The minimum atomic E-state index is 0.150. The van der Waals surface area contributed by atoms with E-state index in [0.29, 0.717) is 28.3 Å². The van der Waals surface area contributed by atoms with Gasteiger partial charge in [-0.3, -0.25) is 4.98 Å². The molecule has 19 heavy (non-hydrogen) atoms. The van der Waals surface area contributed by atoms with E-state index in [1.165, 1.54) is 6.42 Å². The van der Waals surface area contributed by atoms with E-state index in [1.807, 2.05) is 0 Å². The van der Waals surface area contributed by atoms with E-state index >= 15 is 0 Å². The fourth-order valence-corrected chi connectivity index (χ4v) is 2.40. The topological polar surface area (TPSA) is 63.8 Å². The van der Waals surface area contributed by atoms with E-state index in [2.05, 4.69) is 27.4 Å². The molecule has 1 saturated heterocycles. The van der Waals surface area contributed by atoms with Gasteiger partial charge in [0.25, 0.3) is 0 Å². The molecule has 1 aliphatic heterocycles. The quantitative estimate of drug-likeness (QED) is 0.915. The molecule has 5 nitrogen and oxygen atoms in total. The minimum Gasteiger partial charge on any atom is -0.337 e. The largest absolute Gasteiger partial charge is 0.337 e. The molecule has 2 aromatic rings. The monoisotopic (exact) mass is 278 g/mol. The number of aromatic nitrogens is 3. The second kappa shape index (κ2) is 5.27. The summed E-state index contributed by atoms with van der Waals surface area (Å²) in [5, 5.41) is 7.98. The minimum absolute atomic E-state index is 0.150. The lowest BCUT2D eigenvalue weighted by Gasteiger charge is -2.25. The first-order valence-corrected chi connectivity index (χ1v) is 6.79. The highest BCUT2D eigenvalue weighted by atomic mass is 35.5. The lowest BCUT2D eigenvalue weighted by Crippen LogP contribution is -2.30. The summed E-state index contributed by atoms with van der Waals surface area (Å²) in [7, 11) is 0. The summed E-state index contributed by atoms with van der Waals surface area (Å²) in [5.74, 6) is 1.82. The lowest BCUT2D eigenvalue weighted by atomic mass is 9.94. The molecule has 1 aliphatic rings. The highest BCUT2D eigenvalue weighted by Gasteiger charge is 2.25. The molecule has 2 aromatic heterocycles. The van der Waals surface area contributed by atoms with Crippen LogP contribution in [0.5, 0.6) is 0 Å². The van der Waals surface area contributed by atoms with Crippen LogP contribution in [0, 0.1) is 5.92 Å². The number of nitrogens with one attached hydrogen (secondary N) is 1. The molecule has 1 N–H and O–H groups in total. The van der Waals surface area contributed by atoms with Crippen LogP contribution >= 0.6 is 11.6 Å². The van der Waals surface area contributed by atoms with Gasteiger partial charge in [0.15, 0.2) is 0 Å². The molecule has 0 amide bonds. The Bertz CT molecular complexity index is 554. The second-order valence-electron chi connectivity index (χ2n) is 4.95. The van der Waals surface area contributed by atoms with Gasteiger partial charge in [-0.2, -0.15) is 4.98 Å². The predicted molar refractivity (Wildman–Crippen MR) is 71.7 cm³/mol. The maximum Gasteiger partial charge on any atom is 0.244 e. The maximum absolute atomic E-state index is 5.81. The van der Waals surface area contributed by atoms with Gasteiger partial charge in [-0.25, -0.2) is 0 Å². The Morgan fingerprint density at radius 3 is 3.05 bits per heavy atom. The van der Waals surface area contributed by atoms with Crippen LogP contribution in [0.4, 0.5) is 0 Å². The highest BCUT2D eigenvalue weighted by molar-refractivity contribution is 6.30. The standard InChI is InChI=1S/C13H15ClN4O/c1-8-4-5-15-11(6-8)13-17-12(18-19-13)10-3-2-9(14)7-16-10/h2-3,7-8,11,15H,4-6H2,1H3. The van der Waals surface area contributed by atoms with E-state index in [4.69, 9.17) is 16.1 Å². The summed E-state index contributed by atoms with van der Waals surface area (Å²) in [6.45, 7) is 3.23. The Morgan fingerprint density at radius 2 is 2.32 bits per heavy atom. The van der Waals surface area contributed by atoms with Crippen molar-refractivity contribution in [2.75, 3.05) is 6.54 Å². The van der Waals surface area contributed by atoms with Crippen LogP contribution in [0.3, 0.4) is 0 Å². The van der Waals surface area contributed by atoms with Crippen LogP contribution in [0.25, 0.3) is 11.5 Å². The van der Waals surface area contributed by atoms with Crippen molar-refractivity contribution in [3.63, 3.8) is 0 Å². The average molecular weight is 279 g/mol. The first-order chi connectivity index (χ1) is 9.22. The fraction of sp³-hybridized carbons (Fsp3) is 0.462. The molecule has 100 valence electrons. The molecular weight excluding hydrogens is 264 g/mol. The number of piperidine rings is 1. The zero-order valence-corrected chi connectivity index (χ0v) is 11.4. The normalized spacial score (nSPS) is 23.5. The van der Waals surface area contributed by atoms with Crippen molar-refractivity contribution in [2.24, 2.45) is 5.92 Å². The van der Waals surface area contributed by atoms with Crippen molar-refractivity contribution < 1.29 is 4.52 Å². The zero-order chi connectivity index (χ0) is 13.2. The molecule has 3 heterocycles. The second-order valence-corrected chi connectivity index (χ2v) is 5.39. The molecule has 6 heteroatoms. The van der Waals surface area contributed by atoms with Gasteiger partial charge in [-0.15, -0.1) is 0 Å². The van der Waals surface area contributed by atoms with E-state index < -0.39 is 0 Å². The Hall–Kier alpha value is -1.46. The third-order valence-corrected chi connectivity index (χ3v) is 3.59. The Kier molecular flexibility index (Phi) is 3.48. The lowest BCUT2D eigenvalue weighted by molar-refractivity contribution is 0.260. The summed E-state index contributed by atoms with van der Waals surface area (Å²) in [6.07, 6.45) is 3.79. The smallest absolute Gasteiger partial charge is 0.244 e. The van der Waals surface area contributed by atoms with E-state index in [-0.39, 0.29) is 6.04 Å². The van der Waals surface area contributed by atoms with Crippen molar-refractivity contribution in [3.05, 3.63) is 29.2 Å². The van der Waals surface area contributed by atoms with Crippen LogP contribution < -0.4 is 5.32 Å². The molecule has 2 atom stereocenters. The summed E-state index contributed by atoms with van der Waals surface area (Å²) in [6, 6.07) is 3.70. The third kappa shape index (κ3) is 2.77. The number of halogens is 1. The Labute approximate surface area is 116 Å². The van der Waals surface area contributed by atoms with Gasteiger partial charge in [0.05, 0.1) is 11.1 Å². The maximum atomic E-state index is 5.81. The van der Waals surface area contributed by atoms with Crippen LogP contribution in [0.2, 0.25) is 5.02 Å². The molecule has 0 saturated carbocycles. The molecule has 0 radical (unpaired) electrons. The van der Waals surface area contributed by atoms with Crippen molar-refractivity contribution in [2.45, 2.75) is 25.8 Å². The Morgan fingerprint density at radius 1 is 1.42 bits per heavy atom. The molecule has 3 rings (SSSR count). The van der Waals surface area contributed by atoms with Gasteiger partial charge in [0, 0.05) is 6.20 Å². The van der Waals surface area contributed by atoms with Gasteiger partial charge in [-0.05, 0) is 37.4 Å². The van der Waals surface area contributed by atoms with Crippen LogP contribution in [0.15, 0.2) is 22.9 Å².